The van der Waals surface area contributed by atoms with Gasteiger partial charge in [0.1, 0.15) is 0 Å². The highest BCUT2D eigenvalue weighted by atomic mass is 35.5. The van der Waals surface area contributed by atoms with E-state index in [4.69, 9.17) is 23.2 Å². The van der Waals surface area contributed by atoms with Crippen LogP contribution in [0.5, 0.6) is 0 Å². The molecule has 1 aromatic rings. The molecule has 1 atom stereocenters. The van der Waals surface area contributed by atoms with Gasteiger partial charge >= 0.3 is 6.03 Å². The van der Waals surface area contributed by atoms with Crippen LogP contribution in [-0.2, 0) is 0 Å². The molecule has 2 rings (SSSR count). The number of carbonyl (C=O) groups excluding carboxylic acids is 1. The third-order valence-corrected chi connectivity index (χ3v) is 3.98. The van der Waals surface area contributed by atoms with E-state index in [0.717, 1.165) is 26.1 Å². The van der Waals surface area contributed by atoms with E-state index in [2.05, 4.69) is 10.6 Å². The minimum Gasteiger partial charge on any atom is -0.324 e. The Morgan fingerprint density at radius 1 is 1.42 bits per heavy atom. The summed E-state index contributed by atoms with van der Waals surface area (Å²) >= 11 is 11.8. The van der Waals surface area contributed by atoms with Crippen molar-refractivity contribution < 1.29 is 4.79 Å². The third kappa shape index (κ3) is 3.75. The molecule has 0 radical (unpaired) electrons. The van der Waals surface area contributed by atoms with Crippen LogP contribution in [0, 0.1) is 5.92 Å². The molecule has 1 aromatic carbocycles. The van der Waals surface area contributed by atoms with Gasteiger partial charge in [-0.3, -0.25) is 0 Å². The van der Waals surface area contributed by atoms with Crippen molar-refractivity contribution >= 4 is 34.9 Å². The molecule has 104 valence electrons. The Labute approximate surface area is 123 Å². The Morgan fingerprint density at radius 2 is 2.21 bits per heavy atom. The molecule has 0 aliphatic carbocycles. The van der Waals surface area contributed by atoms with Crippen molar-refractivity contribution in [3.63, 3.8) is 0 Å². The Kier molecular flexibility index (Phi) is 4.91. The second kappa shape index (κ2) is 6.46. The summed E-state index contributed by atoms with van der Waals surface area (Å²) in [4.78, 5) is 13.9. The van der Waals surface area contributed by atoms with Crippen LogP contribution in [0.15, 0.2) is 18.2 Å². The number of nitrogens with zero attached hydrogens (tertiary/aromatic N) is 1. The van der Waals surface area contributed by atoms with E-state index in [1.807, 2.05) is 11.9 Å². The highest BCUT2D eigenvalue weighted by molar-refractivity contribution is 6.42. The van der Waals surface area contributed by atoms with Crippen molar-refractivity contribution in [3.8, 4) is 0 Å². The van der Waals surface area contributed by atoms with Gasteiger partial charge in [0, 0.05) is 18.8 Å². The lowest BCUT2D eigenvalue weighted by Gasteiger charge is -2.17. The molecule has 0 bridgehead atoms. The Bertz CT molecular complexity index is 467. The SMILES string of the molecule is CNCC1CCN(C(=O)Nc2ccc(Cl)c(Cl)c2)C1. The Hall–Kier alpha value is -0.970. The van der Waals surface area contributed by atoms with E-state index in [9.17, 15) is 4.79 Å². The van der Waals surface area contributed by atoms with Gasteiger partial charge in [-0.05, 0) is 44.1 Å². The fourth-order valence-corrected chi connectivity index (χ4v) is 2.55. The zero-order valence-corrected chi connectivity index (χ0v) is 12.3. The molecule has 19 heavy (non-hydrogen) atoms. The van der Waals surface area contributed by atoms with Crippen LogP contribution in [0.4, 0.5) is 10.5 Å². The largest absolute Gasteiger partial charge is 0.324 e. The minimum atomic E-state index is -0.0861. The number of amides is 2. The van der Waals surface area contributed by atoms with E-state index >= 15 is 0 Å². The van der Waals surface area contributed by atoms with Gasteiger partial charge in [-0.1, -0.05) is 23.2 Å². The maximum Gasteiger partial charge on any atom is 0.321 e. The number of likely N-dealkylation sites (tertiary alicyclic amines) is 1. The van der Waals surface area contributed by atoms with Gasteiger partial charge in [0.15, 0.2) is 0 Å². The summed E-state index contributed by atoms with van der Waals surface area (Å²) in [6, 6.07) is 4.99. The fraction of sp³-hybridized carbons (Fsp3) is 0.462. The first-order chi connectivity index (χ1) is 9.10. The second-order valence-electron chi connectivity index (χ2n) is 4.72. The van der Waals surface area contributed by atoms with E-state index in [0.29, 0.717) is 21.7 Å². The molecule has 1 unspecified atom stereocenters. The predicted molar refractivity (Wildman–Crippen MR) is 79.1 cm³/mol. The van der Waals surface area contributed by atoms with E-state index in [-0.39, 0.29) is 6.03 Å². The first-order valence-corrected chi connectivity index (χ1v) is 7.01. The molecule has 0 aromatic heterocycles. The van der Waals surface area contributed by atoms with Crippen LogP contribution in [0.25, 0.3) is 0 Å². The summed E-state index contributed by atoms with van der Waals surface area (Å²) in [5, 5.41) is 6.90. The summed E-state index contributed by atoms with van der Waals surface area (Å²) in [5.41, 5.74) is 0.663. The van der Waals surface area contributed by atoms with Crippen LogP contribution in [0.3, 0.4) is 0 Å². The number of hydrogen-bond donors (Lipinski definition) is 2. The van der Waals surface area contributed by atoms with E-state index in [1.54, 1.807) is 18.2 Å². The van der Waals surface area contributed by atoms with Gasteiger partial charge in [-0.25, -0.2) is 4.79 Å². The summed E-state index contributed by atoms with van der Waals surface area (Å²) in [7, 11) is 1.93. The van der Waals surface area contributed by atoms with Crippen LogP contribution < -0.4 is 10.6 Å². The number of nitrogens with one attached hydrogen (secondary N) is 2. The van der Waals surface area contributed by atoms with Gasteiger partial charge in [0.2, 0.25) is 0 Å². The smallest absolute Gasteiger partial charge is 0.321 e. The number of anilines is 1. The lowest BCUT2D eigenvalue weighted by atomic mass is 10.1. The molecule has 4 nitrogen and oxygen atoms in total. The summed E-state index contributed by atoms with van der Waals surface area (Å²) in [6.45, 7) is 2.52. The molecule has 1 fully saturated rings. The van der Waals surface area contributed by atoms with Gasteiger partial charge in [-0.2, -0.15) is 0 Å². The number of hydrogen-bond acceptors (Lipinski definition) is 2. The van der Waals surface area contributed by atoms with Crippen LogP contribution in [-0.4, -0.2) is 37.6 Å². The van der Waals surface area contributed by atoms with E-state index in [1.165, 1.54) is 0 Å². The molecule has 2 N–H and O–H groups in total. The Morgan fingerprint density at radius 3 is 2.89 bits per heavy atom. The minimum absolute atomic E-state index is 0.0861. The second-order valence-corrected chi connectivity index (χ2v) is 5.53. The topological polar surface area (TPSA) is 44.4 Å². The normalized spacial score (nSPS) is 18.7. The maximum absolute atomic E-state index is 12.1. The fourth-order valence-electron chi connectivity index (χ4n) is 2.25. The zero-order chi connectivity index (χ0) is 13.8. The van der Waals surface area contributed by atoms with Gasteiger partial charge in [0.25, 0.3) is 0 Å². The van der Waals surface area contributed by atoms with Crippen LogP contribution in [0.2, 0.25) is 10.0 Å². The van der Waals surface area contributed by atoms with Crippen molar-refractivity contribution in [1.29, 1.82) is 0 Å². The quantitative estimate of drug-likeness (QED) is 0.901. The molecule has 0 spiro atoms. The average molecular weight is 302 g/mol. The summed E-state index contributed by atoms with van der Waals surface area (Å²) in [5.74, 6) is 0.532. The highest BCUT2D eigenvalue weighted by Gasteiger charge is 2.25. The molecule has 1 aliphatic heterocycles. The van der Waals surface area contributed by atoms with Crippen LogP contribution in [0.1, 0.15) is 6.42 Å². The maximum atomic E-state index is 12.1. The lowest BCUT2D eigenvalue weighted by Crippen LogP contribution is -2.34. The molecular formula is C13H17Cl2N3O. The molecule has 0 saturated carbocycles. The van der Waals surface area contributed by atoms with Gasteiger partial charge < -0.3 is 15.5 Å². The lowest BCUT2D eigenvalue weighted by molar-refractivity contribution is 0.221. The number of halogens is 2. The molecule has 1 aliphatic rings. The number of benzene rings is 1. The van der Waals surface area contributed by atoms with Gasteiger partial charge in [-0.15, -0.1) is 0 Å². The first kappa shape index (κ1) is 14.4. The number of carbonyl (C=O) groups is 1. The Balaban J connectivity index is 1.92. The van der Waals surface area contributed by atoms with Crippen LogP contribution >= 0.6 is 23.2 Å². The predicted octanol–water partition coefficient (Wildman–Crippen LogP) is 3.07. The summed E-state index contributed by atoms with van der Waals surface area (Å²) < 4.78 is 0. The zero-order valence-electron chi connectivity index (χ0n) is 10.7. The standard InChI is InChI=1S/C13H17Cl2N3O/c1-16-7-9-4-5-18(8-9)13(19)17-10-2-3-11(14)12(15)6-10/h2-3,6,9,16H,4-5,7-8H2,1H3,(H,17,19). The number of urea groups is 1. The monoisotopic (exact) mass is 301 g/mol. The van der Waals surface area contributed by atoms with Gasteiger partial charge in [0.05, 0.1) is 10.0 Å². The molecular weight excluding hydrogens is 285 g/mol. The molecule has 1 heterocycles. The molecule has 2 amide bonds. The first-order valence-electron chi connectivity index (χ1n) is 6.25. The molecule has 6 heteroatoms. The average Bonchev–Trinajstić information content (AvgIpc) is 2.83. The van der Waals surface area contributed by atoms with Crippen molar-refractivity contribution in [2.75, 3.05) is 32.0 Å². The highest BCUT2D eigenvalue weighted by Crippen LogP contribution is 2.25. The summed E-state index contributed by atoms with van der Waals surface area (Å²) in [6.07, 6.45) is 1.04. The molecule has 1 saturated heterocycles. The van der Waals surface area contributed by atoms with E-state index < -0.39 is 0 Å². The van der Waals surface area contributed by atoms with Crippen molar-refractivity contribution in [1.82, 2.24) is 10.2 Å². The van der Waals surface area contributed by atoms with Crippen molar-refractivity contribution in [2.24, 2.45) is 5.92 Å². The third-order valence-electron chi connectivity index (χ3n) is 3.24. The van der Waals surface area contributed by atoms with Crippen molar-refractivity contribution in [3.05, 3.63) is 28.2 Å². The number of rotatable bonds is 3. The van der Waals surface area contributed by atoms with Crippen molar-refractivity contribution in [2.45, 2.75) is 6.42 Å².